The lowest BCUT2D eigenvalue weighted by Crippen LogP contribution is -2.07. The van der Waals surface area contributed by atoms with Gasteiger partial charge in [0, 0.05) is 12.5 Å². The maximum Gasteiger partial charge on any atom is 0.308 e. The molecule has 0 unspecified atom stereocenters. The summed E-state index contributed by atoms with van der Waals surface area (Å²) in [7, 11) is 1.66. The number of aryl methyl sites for hydroxylation is 1. The van der Waals surface area contributed by atoms with E-state index in [1.807, 2.05) is 19.1 Å². The standard InChI is InChI=1S/C18H26O3/c1-12(2)8-7-9-13(3)16-11-17(20-6)14(4)10-18(16)21-15(5)19/h8,10-11,13H,7,9H2,1-6H3/t13-/m1/s1. The number of hydrogen-bond acceptors (Lipinski definition) is 3. The molecule has 3 nitrogen and oxygen atoms in total. The molecule has 0 aliphatic heterocycles. The zero-order valence-corrected chi connectivity index (χ0v) is 13.9. The minimum Gasteiger partial charge on any atom is -0.496 e. The second kappa shape index (κ2) is 7.87. The van der Waals surface area contributed by atoms with Crippen molar-refractivity contribution in [2.24, 2.45) is 0 Å². The number of esters is 1. The fourth-order valence-electron chi connectivity index (χ4n) is 2.30. The Labute approximate surface area is 128 Å². The highest BCUT2D eigenvalue weighted by Gasteiger charge is 2.16. The minimum atomic E-state index is -0.294. The van der Waals surface area contributed by atoms with E-state index in [2.05, 4.69) is 26.8 Å². The topological polar surface area (TPSA) is 35.5 Å². The lowest BCUT2D eigenvalue weighted by molar-refractivity contribution is -0.131. The van der Waals surface area contributed by atoms with Crippen LogP contribution in [0.1, 0.15) is 57.6 Å². The van der Waals surface area contributed by atoms with E-state index in [1.165, 1.54) is 12.5 Å². The van der Waals surface area contributed by atoms with Gasteiger partial charge in [-0.05, 0) is 57.2 Å². The lowest BCUT2D eigenvalue weighted by Gasteiger charge is -2.18. The zero-order valence-electron chi connectivity index (χ0n) is 13.9. The van der Waals surface area contributed by atoms with Crippen molar-refractivity contribution in [2.45, 2.75) is 53.4 Å². The summed E-state index contributed by atoms with van der Waals surface area (Å²) in [5.74, 6) is 1.47. The largest absolute Gasteiger partial charge is 0.496 e. The van der Waals surface area contributed by atoms with Crippen molar-refractivity contribution in [1.29, 1.82) is 0 Å². The molecule has 1 rings (SSSR count). The predicted octanol–water partition coefficient (Wildman–Crippen LogP) is 4.78. The van der Waals surface area contributed by atoms with E-state index in [0.29, 0.717) is 11.7 Å². The Hall–Kier alpha value is -1.77. The Morgan fingerprint density at radius 2 is 1.90 bits per heavy atom. The number of ether oxygens (including phenoxy) is 2. The Bertz CT molecular complexity index is 526. The number of methoxy groups -OCH3 is 1. The Morgan fingerprint density at radius 3 is 2.43 bits per heavy atom. The van der Waals surface area contributed by atoms with Crippen LogP contribution in [0, 0.1) is 6.92 Å². The van der Waals surface area contributed by atoms with Crippen LogP contribution in [0.25, 0.3) is 0 Å². The van der Waals surface area contributed by atoms with Gasteiger partial charge in [0.2, 0.25) is 0 Å². The summed E-state index contributed by atoms with van der Waals surface area (Å²) >= 11 is 0. The fourth-order valence-corrected chi connectivity index (χ4v) is 2.30. The first-order valence-electron chi connectivity index (χ1n) is 7.35. The molecule has 0 aliphatic rings. The monoisotopic (exact) mass is 290 g/mol. The van der Waals surface area contributed by atoms with Crippen LogP contribution in [0.4, 0.5) is 0 Å². The Balaban J connectivity index is 3.05. The first-order chi connectivity index (χ1) is 9.85. The van der Waals surface area contributed by atoms with Gasteiger partial charge in [-0.1, -0.05) is 18.6 Å². The van der Waals surface area contributed by atoms with Crippen molar-refractivity contribution in [2.75, 3.05) is 7.11 Å². The molecule has 21 heavy (non-hydrogen) atoms. The second-order valence-corrected chi connectivity index (χ2v) is 5.71. The molecule has 1 aromatic rings. The van der Waals surface area contributed by atoms with Crippen molar-refractivity contribution in [1.82, 2.24) is 0 Å². The highest BCUT2D eigenvalue weighted by molar-refractivity contribution is 5.70. The average molecular weight is 290 g/mol. The predicted molar refractivity (Wildman–Crippen MR) is 86.1 cm³/mol. The zero-order chi connectivity index (χ0) is 16.0. The normalized spacial score (nSPS) is 11.7. The van der Waals surface area contributed by atoms with Crippen LogP contribution >= 0.6 is 0 Å². The van der Waals surface area contributed by atoms with E-state index >= 15 is 0 Å². The molecule has 1 atom stereocenters. The van der Waals surface area contributed by atoms with E-state index < -0.39 is 0 Å². The van der Waals surface area contributed by atoms with Crippen LogP contribution in [0.3, 0.4) is 0 Å². The first kappa shape index (κ1) is 17.3. The van der Waals surface area contributed by atoms with Crippen LogP contribution in [-0.4, -0.2) is 13.1 Å². The van der Waals surface area contributed by atoms with Crippen molar-refractivity contribution in [3.63, 3.8) is 0 Å². The highest BCUT2D eigenvalue weighted by Crippen LogP contribution is 2.35. The third-order valence-corrected chi connectivity index (χ3v) is 3.46. The van der Waals surface area contributed by atoms with Crippen LogP contribution in [0.2, 0.25) is 0 Å². The van der Waals surface area contributed by atoms with E-state index in [-0.39, 0.29) is 5.97 Å². The smallest absolute Gasteiger partial charge is 0.308 e. The average Bonchev–Trinajstić information content (AvgIpc) is 2.37. The van der Waals surface area contributed by atoms with Gasteiger partial charge in [0.15, 0.2) is 0 Å². The third kappa shape index (κ3) is 5.25. The van der Waals surface area contributed by atoms with Crippen LogP contribution in [-0.2, 0) is 4.79 Å². The lowest BCUT2D eigenvalue weighted by atomic mass is 9.93. The molecule has 1 aromatic carbocycles. The molecular weight excluding hydrogens is 264 g/mol. The Kier molecular flexibility index (Phi) is 6.47. The fraction of sp³-hybridized carbons (Fsp3) is 0.500. The van der Waals surface area contributed by atoms with Crippen LogP contribution in [0.5, 0.6) is 11.5 Å². The molecule has 0 spiro atoms. The summed E-state index contributed by atoms with van der Waals surface area (Å²) in [5, 5.41) is 0. The van der Waals surface area contributed by atoms with E-state index in [1.54, 1.807) is 7.11 Å². The molecule has 0 saturated heterocycles. The van der Waals surface area contributed by atoms with Crippen LogP contribution < -0.4 is 9.47 Å². The molecule has 116 valence electrons. The van der Waals surface area contributed by atoms with Crippen molar-refractivity contribution >= 4 is 5.97 Å². The van der Waals surface area contributed by atoms with E-state index in [4.69, 9.17) is 9.47 Å². The minimum absolute atomic E-state index is 0.294. The number of carbonyl (C=O) groups excluding carboxylic acids is 1. The van der Waals surface area contributed by atoms with Gasteiger partial charge < -0.3 is 9.47 Å². The summed E-state index contributed by atoms with van der Waals surface area (Å²) in [4.78, 5) is 11.3. The Morgan fingerprint density at radius 1 is 1.24 bits per heavy atom. The number of allylic oxidation sites excluding steroid dienone is 2. The summed E-state index contributed by atoms with van der Waals surface area (Å²) < 4.78 is 10.8. The van der Waals surface area contributed by atoms with Crippen molar-refractivity contribution in [3.05, 3.63) is 34.9 Å². The third-order valence-electron chi connectivity index (χ3n) is 3.46. The molecule has 0 amide bonds. The van der Waals surface area contributed by atoms with Crippen molar-refractivity contribution < 1.29 is 14.3 Å². The summed E-state index contributed by atoms with van der Waals surface area (Å²) in [5.41, 5.74) is 3.31. The van der Waals surface area contributed by atoms with Gasteiger partial charge in [-0.3, -0.25) is 4.79 Å². The molecule has 0 fully saturated rings. The number of hydrogen-bond donors (Lipinski definition) is 0. The summed E-state index contributed by atoms with van der Waals surface area (Å²) in [6.07, 6.45) is 4.25. The number of benzene rings is 1. The van der Waals surface area contributed by atoms with Gasteiger partial charge in [-0.25, -0.2) is 0 Å². The van der Waals surface area contributed by atoms with E-state index in [0.717, 1.165) is 29.7 Å². The maximum absolute atomic E-state index is 11.3. The molecule has 0 N–H and O–H groups in total. The SMILES string of the molecule is COc1cc([C@H](C)CCC=C(C)C)c(OC(C)=O)cc1C. The number of rotatable bonds is 6. The molecule has 0 saturated carbocycles. The van der Waals surface area contributed by atoms with Gasteiger partial charge in [0.05, 0.1) is 7.11 Å². The molecule has 0 aliphatic carbocycles. The van der Waals surface area contributed by atoms with Gasteiger partial charge in [0.1, 0.15) is 11.5 Å². The van der Waals surface area contributed by atoms with Gasteiger partial charge >= 0.3 is 5.97 Å². The van der Waals surface area contributed by atoms with Gasteiger partial charge in [-0.2, -0.15) is 0 Å². The molecule has 0 aromatic heterocycles. The molecule has 3 heteroatoms. The summed E-state index contributed by atoms with van der Waals surface area (Å²) in [6.45, 7) is 9.73. The summed E-state index contributed by atoms with van der Waals surface area (Å²) in [6, 6.07) is 3.87. The van der Waals surface area contributed by atoms with E-state index in [9.17, 15) is 4.79 Å². The molecular formula is C18H26O3. The molecule has 0 heterocycles. The van der Waals surface area contributed by atoms with Crippen LogP contribution in [0.15, 0.2) is 23.8 Å². The quantitative estimate of drug-likeness (QED) is 0.430. The number of carbonyl (C=O) groups is 1. The molecule has 0 radical (unpaired) electrons. The van der Waals surface area contributed by atoms with Gasteiger partial charge in [0.25, 0.3) is 0 Å². The highest BCUT2D eigenvalue weighted by atomic mass is 16.5. The maximum atomic E-state index is 11.3. The molecule has 0 bridgehead atoms. The van der Waals surface area contributed by atoms with Gasteiger partial charge in [-0.15, -0.1) is 0 Å². The second-order valence-electron chi connectivity index (χ2n) is 5.71. The van der Waals surface area contributed by atoms with Crippen molar-refractivity contribution in [3.8, 4) is 11.5 Å². The first-order valence-corrected chi connectivity index (χ1v) is 7.35.